The average Bonchev–Trinajstić information content (AvgIpc) is 3.40. The molecule has 1 fully saturated rings. The molecule has 2 atom stereocenters. The molecule has 0 spiro atoms. The van der Waals surface area contributed by atoms with Gasteiger partial charge in [-0.25, -0.2) is 9.37 Å². The van der Waals surface area contributed by atoms with Gasteiger partial charge in [-0.15, -0.1) is 0 Å². The van der Waals surface area contributed by atoms with E-state index in [1.807, 2.05) is 60.9 Å². The Bertz CT molecular complexity index is 1380. The first kappa shape index (κ1) is 23.1. The Hall–Kier alpha value is -3.71. The molecule has 0 unspecified atom stereocenters. The molecule has 35 heavy (non-hydrogen) atoms. The minimum atomic E-state index is -0.774. The van der Waals surface area contributed by atoms with Crippen LogP contribution in [0.15, 0.2) is 66.7 Å². The van der Waals surface area contributed by atoms with Crippen molar-refractivity contribution in [2.24, 2.45) is 0 Å². The van der Waals surface area contributed by atoms with Gasteiger partial charge >= 0.3 is 0 Å². The van der Waals surface area contributed by atoms with Gasteiger partial charge in [-0.2, -0.15) is 0 Å². The second-order valence-electron chi connectivity index (χ2n) is 9.17. The van der Waals surface area contributed by atoms with Crippen LogP contribution in [0, 0.1) is 19.7 Å². The number of anilines is 1. The minimum absolute atomic E-state index is 0.0715. The van der Waals surface area contributed by atoms with Crippen LogP contribution in [0.3, 0.4) is 0 Å². The molecule has 1 aliphatic heterocycles. The van der Waals surface area contributed by atoms with Crippen molar-refractivity contribution in [2.75, 3.05) is 18.1 Å². The summed E-state index contributed by atoms with van der Waals surface area (Å²) in [6, 6.07) is 19.7. The fourth-order valence-electron chi connectivity index (χ4n) is 4.63. The third-order valence-electron chi connectivity index (χ3n) is 6.61. The highest BCUT2D eigenvalue weighted by atomic mass is 19.1. The van der Waals surface area contributed by atoms with E-state index >= 15 is 0 Å². The summed E-state index contributed by atoms with van der Waals surface area (Å²) in [4.78, 5) is 19.3. The number of halogens is 1. The van der Waals surface area contributed by atoms with Crippen LogP contribution in [0.5, 0.6) is 5.75 Å². The molecule has 1 saturated heterocycles. The molecule has 3 aromatic carbocycles. The SMILES string of the molecule is Cc1ccc(OC[C@H](O)Cn2c([C@H]3CC(=O)N(c4cccc(F)c4)C3)nc3ccccc32)cc1C. The van der Waals surface area contributed by atoms with Crippen LogP contribution in [0.2, 0.25) is 0 Å². The second-order valence-corrected chi connectivity index (χ2v) is 9.17. The Balaban J connectivity index is 1.37. The molecule has 4 aromatic rings. The Morgan fingerprint density at radius 2 is 1.91 bits per heavy atom. The minimum Gasteiger partial charge on any atom is -0.491 e. The van der Waals surface area contributed by atoms with E-state index in [0.717, 1.165) is 28.2 Å². The van der Waals surface area contributed by atoms with Crippen molar-refractivity contribution in [2.45, 2.75) is 38.8 Å². The van der Waals surface area contributed by atoms with Crippen LogP contribution >= 0.6 is 0 Å². The van der Waals surface area contributed by atoms with Gasteiger partial charge in [-0.3, -0.25) is 4.79 Å². The lowest BCUT2D eigenvalue weighted by Gasteiger charge is -2.19. The van der Waals surface area contributed by atoms with E-state index in [4.69, 9.17) is 9.72 Å². The maximum atomic E-state index is 13.8. The highest BCUT2D eigenvalue weighted by molar-refractivity contribution is 5.96. The molecule has 180 valence electrons. The van der Waals surface area contributed by atoms with E-state index in [1.54, 1.807) is 17.0 Å². The fraction of sp³-hybridized carbons (Fsp3) is 0.286. The van der Waals surface area contributed by atoms with E-state index < -0.39 is 6.10 Å². The molecule has 1 N–H and O–H groups in total. The summed E-state index contributed by atoms with van der Waals surface area (Å²) in [7, 11) is 0. The summed E-state index contributed by atoms with van der Waals surface area (Å²) in [6.07, 6.45) is -0.501. The summed E-state index contributed by atoms with van der Waals surface area (Å²) in [6.45, 7) is 4.89. The highest BCUT2D eigenvalue weighted by Gasteiger charge is 2.35. The second kappa shape index (κ2) is 9.50. The molecular formula is C28H28FN3O3. The quantitative estimate of drug-likeness (QED) is 0.421. The molecule has 2 heterocycles. The summed E-state index contributed by atoms with van der Waals surface area (Å²) in [5, 5.41) is 10.9. The molecule has 5 rings (SSSR count). The number of hydrogen-bond acceptors (Lipinski definition) is 4. The number of ether oxygens (including phenoxy) is 1. The highest BCUT2D eigenvalue weighted by Crippen LogP contribution is 2.33. The third-order valence-corrected chi connectivity index (χ3v) is 6.61. The van der Waals surface area contributed by atoms with Crippen molar-refractivity contribution < 1.29 is 19.0 Å². The Morgan fingerprint density at radius 1 is 1.09 bits per heavy atom. The lowest BCUT2D eigenvalue weighted by atomic mass is 10.1. The normalized spacial score (nSPS) is 16.7. The lowest BCUT2D eigenvalue weighted by Crippen LogP contribution is -2.26. The monoisotopic (exact) mass is 473 g/mol. The average molecular weight is 474 g/mol. The third kappa shape index (κ3) is 4.77. The number of rotatable bonds is 7. The smallest absolute Gasteiger partial charge is 0.227 e. The molecule has 0 saturated carbocycles. The molecule has 1 aromatic heterocycles. The maximum Gasteiger partial charge on any atom is 0.227 e. The Kier molecular flexibility index (Phi) is 6.26. The predicted octanol–water partition coefficient (Wildman–Crippen LogP) is 4.75. The van der Waals surface area contributed by atoms with Gasteiger partial charge in [0.15, 0.2) is 0 Å². The first-order valence-corrected chi connectivity index (χ1v) is 11.8. The molecule has 1 amide bonds. The topological polar surface area (TPSA) is 67.6 Å². The number of aliphatic hydroxyl groups is 1. The number of nitrogens with zero attached hydrogens (tertiary/aromatic N) is 3. The first-order chi connectivity index (χ1) is 16.9. The van der Waals surface area contributed by atoms with E-state index in [0.29, 0.717) is 12.2 Å². The maximum absolute atomic E-state index is 13.8. The number of hydrogen-bond donors (Lipinski definition) is 1. The Labute approximate surface area is 203 Å². The van der Waals surface area contributed by atoms with E-state index in [1.165, 1.54) is 17.7 Å². The zero-order valence-corrected chi connectivity index (χ0v) is 19.8. The summed E-state index contributed by atoms with van der Waals surface area (Å²) >= 11 is 0. The van der Waals surface area contributed by atoms with Crippen molar-refractivity contribution in [1.82, 2.24) is 9.55 Å². The summed E-state index contributed by atoms with van der Waals surface area (Å²) in [5.74, 6) is 0.834. The Morgan fingerprint density at radius 3 is 2.71 bits per heavy atom. The number of amides is 1. The van der Waals surface area contributed by atoms with Crippen molar-refractivity contribution in [3.05, 3.63) is 89.5 Å². The molecular weight excluding hydrogens is 445 g/mol. The van der Waals surface area contributed by atoms with Crippen LogP contribution in [0.4, 0.5) is 10.1 Å². The first-order valence-electron chi connectivity index (χ1n) is 11.8. The largest absolute Gasteiger partial charge is 0.491 e. The molecule has 1 aliphatic rings. The molecule has 0 radical (unpaired) electrons. The van der Waals surface area contributed by atoms with Crippen molar-refractivity contribution in [1.29, 1.82) is 0 Å². The number of imidazole rings is 1. The molecule has 0 bridgehead atoms. The zero-order chi connectivity index (χ0) is 24.5. The number of benzene rings is 3. The van der Waals surface area contributed by atoms with Gasteiger partial charge in [0.1, 0.15) is 30.1 Å². The van der Waals surface area contributed by atoms with Gasteiger partial charge in [0.25, 0.3) is 0 Å². The van der Waals surface area contributed by atoms with Crippen molar-refractivity contribution >= 4 is 22.6 Å². The number of aromatic nitrogens is 2. The predicted molar refractivity (Wildman–Crippen MR) is 133 cm³/mol. The number of fused-ring (bicyclic) bond motifs is 1. The number of carbonyl (C=O) groups is 1. The lowest BCUT2D eigenvalue weighted by molar-refractivity contribution is -0.117. The van der Waals surface area contributed by atoms with Gasteiger partial charge in [0.05, 0.1) is 17.6 Å². The molecule has 0 aliphatic carbocycles. The van der Waals surface area contributed by atoms with Gasteiger partial charge < -0.3 is 19.3 Å². The number of carbonyl (C=O) groups excluding carboxylic acids is 1. The number of aliphatic hydroxyl groups excluding tert-OH is 1. The zero-order valence-electron chi connectivity index (χ0n) is 19.8. The standard InChI is InChI=1S/C28H28FN3O3/c1-18-10-11-24(12-19(18)2)35-17-23(33)16-32-26-9-4-3-8-25(26)30-28(32)20-13-27(34)31(15-20)22-7-5-6-21(29)14-22/h3-12,14,20,23,33H,13,15-17H2,1-2H3/t20-,23+/m0/s1. The molecule has 6 nitrogen and oxygen atoms in total. The fourth-order valence-corrected chi connectivity index (χ4v) is 4.63. The van der Waals surface area contributed by atoms with Crippen LogP contribution in [0.1, 0.15) is 29.3 Å². The summed E-state index contributed by atoms with van der Waals surface area (Å²) in [5.41, 5.74) is 4.56. The van der Waals surface area contributed by atoms with Gasteiger partial charge in [0, 0.05) is 24.6 Å². The van der Waals surface area contributed by atoms with Crippen molar-refractivity contribution in [3.8, 4) is 5.75 Å². The van der Waals surface area contributed by atoms with Crippen LogP contribution < -0.4 is 9.64 Å². The number of para-hydroxylation sites is 2. The van der Waals surface area contributed by atoms with Crippen LogP contribution in [-0.2, 0) is 11.3 Å². The van der Waals surface area contributed by atoms with Crippen LogP contribution in [0.25, 0.3) is 11.0 Å². The van der Waals surface area contributed by atoms with Gasteiger partial charge in [0.2, 0.25) is 5.91 Å². The van der Waals surface area contributed by atoms with Crippen LogP contribution in [-0.4, -0.2) is 39.8 Å². The summed E-state index contributed by atoms with van der Waals surface area (Å²) < 4.78 is 21.6. The van der Waals surface area contributed by atoms with Crippen molar-refractivity contribution in [3.63, 3.8) is 0 Å². The van der Waals surface area contributed by atoms with E-state index in [2.05, 4.69) is 0 Å². The van der Waals surface area contributed by atoms with Gasteiger partial charge in [-0.05, 0) is 67.4 Å². The number of aryl methyl sites for hydroxylation is 2. The molecule has 7 heteroatoms. The van der Waals surface area contributed by atoms with E-state index in [-0.39, 0.29) is 37.2 Å². The van der Waals surface area contributed by atoms with E-state index in [9.17, 15) is 14.3 Å². The van der Waals surface area contributed by atoms with Gasteiger partial charge in [-0.1, -0.05) is 24.3 Å².